The van der Waals surface area contributed by atoms with Gasteiger partial charge in [-0.15, -0.1) is 0 Å². The van der Waals surface area contributed by atoms with Crippen LogP contribution in [-0.4, -0.2) is 33.8 Å². The molecule has 7 nitrogen and oxygen atoms in total. The van der Waals surface area contributed by atoms with Crippen LogP contribution in [0.1, 0.15) is 32.4 Å². The largest absolute Gasteiger partial charge is 0.444 e. The summed E-state index contributed by atoms with van der Waals surface area (Å²) in [4.78, 5) is 11.9. The van der Waals surface area contributed by atoms with Crippen LogP contribution in [0.15, 0.2) is 59.5 Å². The van der Waals surface area contributed by atoms with E-state index in [1.807, 2.05) is 0 Å². The summed E-state index contributed by atoms with van der Waals surface area (Å²) in [6.45, 7) is 5.37. The molecule has 2 rings (SSSR count). The Labute approximate surface area is 165 Å². The molecule has 0 aromatic heterocycles. The summed E-state index contributed by atoms with van der Waals surface area (Å²) in [5, 5.41) is 2.62. The maximum atomic E-state index is 12.5. The number of methoxy groups -OCH3 is 1. The van der Waals surface area contributed by atoms with Gasteiger partial charge in [-0.3, -0.25) is 0 Å². The zero-order chi connectivity index (χ0) is 20.8. The fraction of sp³-hybridized carbons (Fsp3) is 0.350. The van der Waals surface area contributed by atoms with Crippen molar-refractivity contribution < 1.29 is 26.9 Å². The molecule has 0 bridgehead atoms. The van der Waals surface area contributed by atoms with Crippen LogP contribution < -0.4 is 9.50 Å². The molecule has 0 fully saturated rings. The van der Waals surface area contributed by atoms with Gasteiger partial charge < -0.3 is 19.0 Å². The molecule has 8 heteroatoms. The number of alkyl carbamates (subject to hydrolysis) is 1. The van der Waals surface area contributed by atoms with E-state index in [1.165, 1.54) is 25.3 Å². The van der Waals surface area contributed by atoms with Crippen molar-refractivity contribution in [3.8, 4) is 5.75 Å². The van der Waals surface area contributed by atoms with Gasteiger partial charge in [0.2, 0.25) is 0 Å². The lowest BCUT2D eigenvalue weighted by Gasteiger charge is -2.22. The molecule has 1 unspecified atom stereocenters. The van der Waals surface area contributed by atoms with Crippen molar-refractivity contribution in [2.45, 2.75) is 37.4 Å². The minimum absolute atomic E-state index is 0.0469. The number of amides is 1. The molecular formula is C20H25NO6S. The highest BCUT2D eigenvalue weighted by molar-refractivity contribution is 7.87. The molecule has 0 aliphatic carbocycles. The number of ether oxygens (including phenoxy) is 2. The summed E-state index contributed by atoms with van der Waals surface area (Å²) < 4.78 is 41.0. The average Bonchev–Trinajstić information content (AvgIpc) is 2.62. The van der Waals surface area contributed by atoms with E-state index in [4.69, 9.17) is 13.7 Å². The normalized spacial score (nSPS) is 12.9. The lowest BCUT2D eigenvalue weighted by atomic mass is 10.1. The molecule has 0 saturated heterocycles. The highest BCUT2D eigenvalue weighted by Crippen LogP contribution is 2.29. The fourth-order valence-electron chi connectivity index (χ4n) is 2.39. The molecule has 0 spiro atoms. The van der Waals surface area contributed by atoms with E-state index in [0.29, 0.717) is 5.56 Å². The van der Waals surface area contributed by atoms with Gasteiger partial charge in [-0.1, -0.05) is 36.4 Å². The Kier molecular flexibility index (Phi) is 7.04. The lowest BCUT2D eigenvalue weighted by molar-refractivity contribution is 0.0454. The van der Waals surface area contributed by atoms with Gasteiger partial charge in [0.1, 0.15) is 22.4 Å². The maximum absolute atomic E-state index is 12.5. The lowest BCUT2D eigenvalue weighted by Crippen LogP contribution is -2.35. The van der Waals surface area contributed by atoms with Gasteiger partial charge in [0, 0.05) is 12.7 Å². The number of para-hydroxylation sites is 1. The fourth-order valence-corrected chi connectivity index (χ4v) is 3.36. The van der Waals surface area contributed by atoms with Crippen LogP contribution in [0, 0.1) is 0 Å². The van der Waals surface area contributed by atoms with Gasteiger partial charge in [0.15, 0.2) is 0 Å². The van der Waals surface area contributed by atoms with Crippen LogP contribution in [-0.2, 0) is 19.6 Å². The number of carbonyl (C=O) groups excluding carboxylic acids is 1. The van der Waals surface area contributed by atoms with Crippen molar-refractivity contribution in [1.29, 1.82) is 0 Å². The van der Waals surface area contributed by atoms with E-state index in [0.717, 1.165) is 0 Å². The molecule has 2 aromatic rings. The third kappa shape index (κ3) is 6.24. The predicted octanol–water partition coefficient (Wildman–Crippen LogP) is 3.67. The summed E-state index contributed by atoms with van der Waals surface area (Å²) in [6, 6.07) is 14.5. The second-order valence-corrected chi connectivity index (χ2v) is 8.54. The first kappa shape index (κ1) is 21.7. The van der Waals surface area contributed by atoms with Crippen molar-refractivity contribution in [3.63, 3.8) is 0 Å². The SMILES string of the molecule is COC(CNC(=O)OC(C)(C)C)c1ccccc1OS(=O)(=O)c1ccccc1. The molecule has 2 aromatic carbocycles. The molecule has 28 heavy (non-hydrogen) atoms. The minimum Gasteiger partial charge on any atom is -0.444 e. The van der Waals surface area contributed by atoms with Crippen LogP contribution in [0.25, 0.3) is 0 Å². The summed E-state index contributed by atoms with van der Waals surface area (Å²) in [5.41, 5.74) is -0.141. The van der Waals surface area contributed by atoms with Crippen molar-refractivity contribution >= 4 is 16.2 Å². The third-order valence-corrected chi connectivity index (χ3v) is 4.86. The number of nitrogens with one attached hydrogen (secondary N) is 1. The van der Waals surface area contributed by atoms with E-state index in [2.05, 4.69) is 5.32 Å². The van der Waals surface area contributed by atoms with Crippen LogP contribution in [0.3, 0.4) is 0 Å². The van der Waals surface area contributed by atoms with Crippen molar-refractivity contribution in [3.05, 3.63) is 60.2 Å². The van der Waals surface area contributed by atoms with Gasteiger partial charge in [0.05, 0.1) is 6.54 Å². The summed E-state index contributed by atoms with van der Waals surface area (Å²) >= 11 is 0. The highest BCUT2D eigenvalue weighted by atomic mass is 32.2. The second kappa shape index (κ2) is 9.07. The van der Waals surface area contributed by atoms with Gasteiger partial charge in [-0.05, 0) is 39.0 Å². The Bertz CT molecular complexity index is 890. The van der Waals surface area contributed by atoms with E-state index < -0.39 is 27.9 Å². The highest BCUT2D eigenvalue weighted by Gasteiger charge is 2.23. The van der Waals surface area contributed by atoms with E-state index in [-0.39, 0.29) is 17.2 Å². The number of hydrogen-bond donors (Lipinski definition) is 1. The first-order valence-electron chi connectivity index (χ1n) is 8.70. The van der Waals surface area contributed by atoms with Crippen molar-refractivity contribution in [2.24, 2.45) is 0 Å². The third-order valence-electron chi connectivity index (χ3n) is 3.61. The first-order valence-corrected chi connectivity index (χ1v) is 10.1. The monoisotopic (exact) mass is 407 g/mol. The number of rotatable bonds is 7. The Morgan fingerprint density at radius 2 is 1.64 bits per heavy atom. The Balaban J connectivity index is 2.18. The van der Waals surface area contributed by atoms with Gasteiger partial charge in [-0.2, -0.15) is 8.42 Å². The molecule has 1 amide bonds. The van der Waals surface area contributed by atoms with Gasteiger partial charge >= 0.3 is 16.2 Å². The smallest absolute Gasteiger partial charge is 0.407 e. The molecule has 0 heterocycles. The molecule has 0 aliphatic rings. The molecular weight excluding hydrogens is 382 g/mol. The zero-order valence-electron chi connectivity index (χ0n) is 16.3. The maximum Gasteiger partial charge on any atom is 0.407 e. The molecule has 1 atom stereocenters. The van der Waals surface area contributed by atoms with Gasteiger partial charge in [-0.25, -0.2) is 4.79 Å². The summed E-state index contributed by atoms with van der Waals surface area (Å²) in [7, 11) is -2.54. The Morgan fingerprint density at radius 3 is 2.25 bits per heavy atom. The number of carbonyl (C=O) groups is 1. The van der Waals surface area contributed by atoms with Crippen LogP contribution in [0.5, 0.6) is 5.75 Å². The second-order valence-electron chi connectivity index (χ2n) is 7.00. The standard InChI is InChI=1S/C20H25NO6S/c1-20(2,3)26-19(22)21-14-18(25-4)16-12-8-9-13-17(16)27-28(23,24)15-10-6-5-7-11-15/h5-13,18H,14H2,1-4H3,(H,21,22). The van der Waals surface area contributed by atoms with E-state index in [1.54, 1.807) is 57.2 Å². The number of hydrogen-bond acceptors (Lipinski definition) is 6. The Morgan fingerprint density at radius 1 is 1.04 bits per heavy atom. The molecule has 0 radical (unpaired) electrons. The quantitative estimate of drug-likeness (QED) is 0.704. The zero-order valence-corrected chi connectivity index (χ0v) is 17.2. The number of benzene rings is 2. The summed E-state index contributed by atoms with van der Waals surface area (Å²) in [5.74, 6) is 0.129. The average molecular weight is 407 g/mol. The Hall–Kier alpha value is -2.58. The molecule has 1 N–H and O–H groups in total. The van der Waals surface area contributed by atoms with Crippen LogP contribution >= 0.6 is 0 Å². The van der Waals surface area contributed by atoms with Gasteiger partial charge in [0.25, 0.3) is 0 Å². The van der Waals surface area contributed by atoms with E-state index in [9.17, 15) is 13.2 Å². The first-order chi connectivity index (χ1) is 13.1. The molecule has 0 aliphatic heterocycles. The molecule has 152 valence electrons. The minimum atomic E-state index is -4.00. The topological polar surface area (TPSA) is 90.9 Å². The molecule has 0 saturated carbocycles. The van der Waals surface area contributed by atoms with Crippen molar-refractivity contribution in [2.75, 3.05) is 13.7 Å². The van der Waals surface area contributed by atoms with Crippen LogP contribution in [0.2, 0.25) is 0 Å². The predicted molar refractivity (Wildman–Crippen MR) is 105 cm³/mol. The van der Waals surface area contributed by atoms with Crippen LogP contribution in [0.4, 0.5) is 4.79 Å². The van der Waals surface area contributed by atoms with Crippen molar-refractivity contribution in [1.82, 2.24) is 5.32 Å². The summed E-state index contributed by atoms with van der Waals surface area (Å²) in [6.07, 6.45) is -1.22. The van der Waals surface area contributed by atoms with E-state index >= 15 is 0 Å².